The molecule has 1 aliphatic rings. The lowest BCUT2D eigenvalue weighted by atomic mass is 10.1. The van der Waals surface area contributed by atoms with E-state index in [1.807, 2.05) is 35.2 Å². The minimum Gasteiger partial charge on any atom is -0.383 e. The zero-order valence-corrected chi connectivity index (χ0v) is 20.1. The molecule has 0 unspecified atom stereocenters. The highest BCUT2D eigenvalue weighted by Crippen LogP contribution is 2.35. The van der Waals surface area contributed by atoms with Crippen molar-refractivity contribution in [2.75, 3.05) is 18.8 Å². The molecular weight excluding hydrogens is 493 g/mol. The Morgan fingerprint density at radius 3 is 2.49 bits per heavy atom. The number of nitrogens with zero attached hydrogens (tertiary/aromatic N) is 4. The average molecular weight is 522 g/mol. The summed E-state index contributed by atoms with van der Waals surface area (Å²) in [5.41, 5.74) is 6.55. The number of nitrogens with two attached hydrogens (primary N) is 1. The Kier molecular flexibility index (Phi) is 7.82. The van der Waals surface area contributed by atoms with E-state index in [0.717, 1.165) is 17.3 Å². The van der Waals surface area contributed by atoms with E-state index in [4.69, 9.17) is 10.5 Å². The van der Waals surface area contributed by atoms with Crippen LogP contribution < -0.4 is 5.73 Å². The molecule has 0 aliphatic carbocycles. The van der Waals surface area contributed by atoms with Crippen molar-refractivity contribution in [3.63, 3.8) is 0 Å². The Labute approximate surface area is 211 Å². The summed E-state index contributed by atoms with van der Waals surface area (Å²) in [5.74, 6) is -2.75. The van der Waals surface area contributed by atoms with Gasteiger partial charge in [0.05, 0.1) is 17.9 Å². The van der Waals surface area contributed by atoms with E-state index in [2.05, 4.69) is 16.5 Å². The zero-order chi connectivity index (χ0) is 26.6. The van der Waals surface area contributed by atoms with Gasteiger partial charge in [0.15, 0.2) is 0 Å². The molecule has 3 aromatic rings. The number of allylic oxidation sites excluding steroid dienone is 1. The third-order valence-electron chi connectivity index (χ3n) is 6.31. The van der Waals surface area contributed by atoms with Crippen LogP contribution in [0.2, 0.25) is 0 Å². The number of nitrogen functional groups attached to an aromatic ring is 1. The summed E-state index contributed by atoms with van der Waals surface area (Å²) >= 11 is 0. The SMILES string of the molecule is C=C(CCn1cc(-c2cnc(N)c(C(F)(F)F)c2)nc1COCc1ccccc1)N1CCC(F)(F)CC1. The van der Waals surface area contributed by atoms with Crippen molar-refractivity contribution in [2.45, 2.75) is 51.1 Å². The summed E-state index contributed by atoms with van der Waals surface area (Å²) in [4.78, 5) is 10.1. The number of alkyl halides is 5. The van der Waals surface area contributed by atoms with Gasteiger partial charge in [0.2, 0.25) is 0 Å². The van der Waals surface area contributed by atoms with Crippen molar-refractivity contribution in [2.24, 2.45) is 0 Å². The van der Waals surface area contributed by atoms with E-state index in [-0.39, 0.29) is 38.1 Å². The number of benzene rings is 1. The van der Waals surface area contributed by atoms with E-state index in [1.54, 1.807) is 10.8 Å². The quantitative estimate of drug-likeness (QED) is 0.355. The van der Waals surface area contributed by atoms with Crippen molar-refractivity contribution in [3.05, 3.63) is 78.0 Å². The summed E-state index contributed by atoms with van der Waals surface area (Å²) in [7, 11) is 0. The molecule has 0 radical (unpaired) electrons. The number of piperidine rings is 1. The summed E-state index contributed by atoms with van der Waals surface area (Å²) in [6, 6.07) is 10.5. The molecule has 0 bridgehead atoms. The van der Waals surface area contributed by atoms with Crippen LogP contribution in [0.5, 0.6) is 0 Å². The van der Waals surface area contributed by atoms with Gasteiger partial charge in [-0.3, -0.25) is 0 Å². The summed E-state index contributed by atoms with van der Waals surface area (Å²) in [5, 5.41) is 0. The minimum atomic E-state index is -4.65. The van der Waals surface area contributed by atoms with Gasteiger partial charge in [0.1, 0.15) is 18.2 Å². The molecule has 37 heavy (non-hydrogen) atoms. The van der Waals surface area contributed by atoms with Gasteiger partial charge in [-0.2, -0.15) is 13.2 Å². The molecule has 1 saturated heterocycles. The average Bonchev–Trinajstić information content (AvgIpc) is 3.25. The van der Waals surface area contributed by atoms with Gasteiger partial charge in [-0.25, -0.2) is 18.7 Å². The van der Waals surface area contributed by atoms with E-state index in [9.17, 15) is 22.0 Å². The van der Waals surface area contributed by atoms with E-state index in [1.165, 1.54) is 6.20 Å². The number of anilines is 1. The van der Waals surface area contributed by atoms with Crippen LogP contribution in [0.1, 0.15) is 36.2 Å². The standard InChI is InChI=1S/C26H28F5N5O/c1-18(35-11-8-25(27,28)9-12-35)7-10-36-15-22(20-13-21(26(29,30)31)24(32)33-14-20)34-23(36)17-37-16-19-5-3-2-4-6-19/h2-6,13-15H,1,7-12,16-17H2,(H2,32,33). The zero-order valence-electron chi connectivity index (χ0n) is 20.1. The number of hydrogen-bond donors (Lipinski definition) is 1. The van der Waals surface area contributed by atoms with Crippen molar-refractivity contribution in [1.29, 1.82) is 0 Å². The number of aromatic nitrogens is 3. The molecule has 6 nitrogen and oxygen atoms in total. The molecule has 3 heterocycles. The van der Waals surface area contributed by atoms with Gasteiger partial charge in [-0.1, -0.05) is 36.9 Å². The predicted octanol–water partition coefficient (Wildman–Crippen LogP) is 5.90. The number of halogens is 5. The minimum absolute atomic E-state index is 0.117. The van der Waals surface area contributed by atoms with Crippen LogP contribution in [-0.4, -0.2) is 38.4 Å². The van der Waals surface area contributed by atoms with Crippen LogP contribution in [-0.2, 0) is 30.7 Å². The Morgan fingerprint density at radius 2 is 1.81 bits per heavy atom. The third-order valence-corrected chi connectivity index (χ3v) is 6.31. The maximum absolute atomic E-state index is 13.5. The van der Waals surface area contributed by atoms with Gasteiger partial charge in [0, 0.05) is 62.6 Å². The Hall–Kier alpha value is -3.47. The highest BCUT2D eigenvalue weighted by atomic mass is 19.4. The van der Waals surface area contributed by atoms with E-state index < -0.39 is 23.5 Å². The molecule has 2 aromatic heterocycles. The number of pyridine rings is 1. The molecule has 0 saturated carbocycles. The van der Waals surface area contributed by atoms with E-state index >= 15 is 0 Å². The summed E-state index contributed by atoms with van der Waals surface area (Å²) in [6.07, 6.45) is -1.75. The third kappa shape index (κ3) is 6.85. The lowest BCUT2D eigenvalue weighted by Gasteiger charge is -2.34. The molecule has 11 heteroatoms. The van der Waals surface area contributed by atoms with Gasteiger partial charge < -0.3 is 19.9 Å². The fraction of sp³-hybridized carbons (Fsp3) is 0.385. The molecule has 2 N–H and O–H groups in total. The molecule has 1 fully saturated rings. The predicted molar refractivity (Wildman–Crippen MR) is 129 cm³/mol. The lowest BCUT2D eigenvalue weighted by Crippen LogP contribution is -2.38. The Balaban J connectivity index is 1.52. The number of ether oxygens (including phenoxy) is 1. The smallest absolute Gasteiger partial charge is 0.383 e. The van der Waals surface area contributed by atoms with Crippen LogP contribution in [0.25, 0.3) is 11.3 Å². The number of likely N-dealkylation sites (tertiary alicyclic amines) is 1. The fourth-order valence-electron chi connectivity index (χ4n) is 4.14. The van der Waals surface area contributed by atoms with Crippen LogP contribution >= 0.6 is 0 Å². The Bertz CT molecular complexity index is 1220. The van der Waals surface area contributed by atoms with Gasteiger partial charge in [-0.15, -0.1) is 0 Å². The number of aryl methyl sites for hydroxylation is 1. The normalized spacial score (nSPS) is 15.6. The first kappa shape index (κ1) is 26.6. The van der Waals surface area contributed by atoms with Gasteiger partial charge in [0.25, 0.3) is 5.92 Å². The highest BCUT2D eigenvalue weighted by molar-refractivity contribution is 5.62. The van der Waals surface area contributed by atoms with Crippen molar-refractivity contribution >= 4 is 5.82 Å². The van der Waals surface area contributed by atoms with Crippen molar-refractivity contribution in [3.8, 4) is 11.3 Å². The molecule has 0 atom stereocenters. The number of hydrogen-bond acceptors (Lipinski definition) is 5. The van der Waals surface area contributed by atoms with Crippen molar-refractivity contribution in [1.82, 2.24) is 19.4 Å². The molecule has 0 amide bonds. The second-order valence-electron chi connectivity index (χ2n) is 9.03. The van der Waals surface area contributed by atoms with E-state index in [0.29, 0.717) is 31.1 Å². The van der Waals surface area contributed by atoms with Gasteiger partial charge in [-0.05, 0) is 11.6 Å². The van der Waals surface area contributed by atoms with Crippen LogP contribution in [0.3, 0.4) is 0 Å². The Morgan fingerprint density at radius 1 is 1.11 bits per heavy atom. The molecule has 1 aliphatic heterocycles. The van der Waals surface area contributed by atoms with Crippen LogP contribution in [0, 0.1) is 0 Å². The van der Waals surface area contributed by atoms with Crippen molar-refractivity contribution < 1.29 is 26.7 Å². The lowest BCUT2D eigenvalue weighted by molar-refractivity contribution is -0.137. The molecule has 0 spiro atoms. The number of rotatable bonds is 9. The molecular formula is C26H28F5N5O. The first-order valence-electron chi connectivity index (χ1n) is 11.8. The van der Waals surface area contributed by atoms with Crippen LogP contribution in [0.4, 0.5) is 27.8 Å². The largest absolute Gasteiger partial charge is 0.419 e. The fourth-order valence-corrected chi connectivity index (χ4v) is 4.14. The topological polar surface area (TPSA) is 69.2 Å². The second-order valence-corrected chi connectivity index (χ2v) is 9.03. The number of imidazole rings is 1. The maximum Gasteiger partial charge on any atom is 0.419 e. The molecule has 4 rings (SSSR count). The second kappa shape index (κ2) is 10.9. The summed E-state index contributed by atoms with van der Waals surface area (Å²) in [6.45, 7) is 5.36. The first-order valence-corrected chi connectivity index (χ1v) is 11.8. The van der Waals surface area contributed by atoms with Crippen LogP contribution in [0.15, 0.2) is 61.1 Å². The highest BCUT2D eigenvalue weighted by Gasteiger charge is 2.35. The van der Waals surface area contributed by atoms with Gasteiger partial charge >= 0.3 is 6.18 Å². The summed E-state index contributed by atoms with van der Waals surface area (Å²) < 4.78 is 74.7. The monoisotopic (exact) mass is 521 g/mol. The molecule has 1 aromatic carbocycles. The first-order chi connectivity index (χ1) is 17.5. The maximum atomic E-state index is 13.5. The molecule has 198 valence electrons.